The number of hydrogen-bond donors (Lipinski definition) is 0. The summed E-state index contributed by atoms with van der Waals surface area (Å²) in [5, 5.41) is 2.06. The van der Waals surface area contributed by atoms with Crippen molar-refractivity contribution >= 4 is 49.1 Å². The van der Waals surface area contributed by atoms with E-state index in [4.69, 9.17) is 0 Å². The normalized spacial score (nSPS) is 10.5. The van der Waals surface area contributed by atoms with Crippen LogP contribution in [-0.4, -0.2) is 24.4 Å². The molecule has 1 amide bonds. The van der Waals surface area contributed by atoms with Gasteiger partial charge in [-0.25, -0.2) is 0 Å². The Labute approximate surface area is 133 Å². The van der Waals surface area contributed by atoms with E-state index in [-0.39, 0.29) is 5.91 Å². The van der Waals surface area contributed by atoms with Crippen molar-refractivity contribution in [2.24, 2.45) is 0 Å². The highest BCUT2D eigenvalue weighted by atomic mass is 79.9. The van der Waals surface area contributed by atoms with E-state index in [0.29, 0.717) is 5.56 Å². The second-order valence-corrected chi connectivity index (χ2v) is 6.98. The Morgan fingerprint density at radius 2 is 2.11 bits per heavy atom. The van der Waals surface area contributed by atoms with Crippen LogP contribution in [0.5, 0.6) is 0 Å². The van der Waals surface area contributed by atoms with Gasteiger partial charge in [-0.15, -0.1) is 11.3 Å². The zero-order valence-electron chi connectivity index (χ0n) is 10.4. The van der Waals surface area contributed by atoms with Gasteiger partial charge < -0.3 is 4.90 Å². The Balaban J connectivity index is 2.04. The number of rotatable bonds is 4. The average molecular weight is 403 g/mol. The van der Waals surface area contributed by atoms with E-state index < -0.39 is 0 Å². The van der Waals surface area contributed by atoms with Crippen molar-refractivity contribution in [3.05, 3.63) is 55.1 Å². The summed E-state index contributed by atoms with van der Waals surface area (Å²) >= 11 is 8.54. The van der Waals surface area contributed by atoms with Crippen molar-refractivity contribution in [1.82, 2.24) is 4.90 Å². The molecule has 1 heterocycles. The Morgan fingerprint density at radius 3 is 2.79 bits per heavy atom. The predicted octanol–water partition coefficient (Wildman–Crippen LogP) is 4.59. The van der Waals surface area contributed by atoms with E-state index in [9.17, 15) is 4.79 Å². The highest BCUT2D eigenvalue weighted by molar-refractivity contribution is 9.11. The first kappa shape index (κ1) is 14.8. The van der Waals surface area contributed by atoms with Crippen LogP contribution >= 0.6 is 43.2 Å². The smallest absolute Gasteiger partial charge is 0.254 e. The molecular weight excluding hydrogens is 390 g/mol. The number of carbonyl (C=O) groups excluding carboxylic acids is 1. The van der Waals surface area contributed by atoms with Crippen molar-refractivity contribution in [2.45, 2.75) is 6.42 Å². The molecule has 0 fully saturated rings. The number of benzene rings is 1. The number of likely N-dealkylation sites (N-methyl/N-ethyl adjacent to an activating group) is 1. The third-order valence-electron chi connectivity index (χ3n) is 2.78. The summed E-state index contributed by atoms with van der Waals surface area (Å²) in [6.45, 7) is 0.721. The summed E-state index contributed by atoms with van der Waals surface area (Å²) in [5.74, 6) is 0.0322. The Kier molecular flexibility index (Phi) is 5.19. The molecule has 0 spiro atoms. The molecule has 0 atom stereocenters. The molecule has 0 radical (unpaired) electrons. The highest BCUT2D eigenvalue weighted by Crippen LogP contribution is 2.22. The van der Waals surface area contributed by atoms with Crippen LogP contribution < -0.4 is 0 Å². The SMILES string of the molecule is CN(CCc1cccs1)C(=O)c1cc(Br)ccc1Br. The molecule has 0 bridgehead atoms. The van der Waals surface area contributed by atoms with Gasteiger partial charge in [-0.1, -0.05) is 22.0 Å². The quantitative estimate of drug-likeness (QED) is 0.732. The zero-order chi connectivity index (χ0) is 13.8. The fraction of sp³-hybridized carbons (Fsp3) is 0.214. The van der Waals surface area contributed by atoms with Gasteiger partial charge in [-0.3, -0.25) is 4.79 Å². The summed E-state index contributed by atoms with van der Waals surface area (Å²) in [6, 6.07) is 9.76. The maximum absolute atomic E-state index is 12.4. The lowest BCUT2D eigenvalue weighted by Crippen LogP contribution is -2.29. The Hall–Kier alpha value is -0.650. The summed E-state index contributed by atoms with van der Waals surface area (Å²) in [5.41, 5.74) is 0.683. The lowest BCUT2D eigenvalue weighted by Gasteiger charge is -2.17. The molecule has 19 heavy (non-hydrogen) atoms. The number of hydrogen-bond acceptors (Lipinski definition) is 2. The van der Waals surface area contributed by atoms with Gasteiger partial charge in [-0.05, 0) is 52.0 Å². The van der Waals surface area contributed by atoms with Crippen molar-refractivity contribution in [1.29, 1.82) is 0 Å². The second kappa shape index (κ2) is 6.68. The lowest BCUT2D eigenvalue weighted by atomic mass is 10.2. The maximum Gasteiger partial charge on any atom is 0.254 e. The van der Waals surface area contributed by atoms with Gasteiger partial charge in [0.05, 0.1) is 5.56 Å². The van der Waals surface area contributed by atoms with E-state index in [0.717, 1.165) is 21.9 Å². The molecule has 0 saturated heterocycles. The molecule has 1 aromatic heterocycles. The molecule has 0 aliphatic heterocycles. The summed E-state index contributed by atoms with van der Waals surface area (Å²) < 4.78 is 1.73. The van der Waals surface area contributed by atoms with Gasteiger partial charge in [0, 0.05) is 27.4 Å². The molecule has 5 heteroatoms. The fourth-order valence-electron chi connectivity index (χ4n) is 1.70. The Morgan fingerprint density at radius 1 is 1.32 bits per heavy atom. The van der Waals surface area contributed by atoms with Gasteiger partial charge in [-0.2, -0.15) is 0 Å². The summed E-state index contributed by atoms with van der Waals surface area (Å²) in [4.78, 5) is 15.4. The summed E-state index contributed by atoms with van der Waals surface area (Å²) in [7, 11) is 1.84. The van der Waals surface area contributed by atoms with Gasteiger partial charge in [0.25, 0.3) is 5.91 Å². The monoisotopic (exact) mass is 401 g/mol. The zero-order valence-corrected chi connectivity index (χ0v) is 14.4. The summed E-state index contributed by atoms with van der Waals surface area (Å²) in [6.07, 6.45) is 0.894. The minimum atomic E-state index is 0.0322. The first-order valence-corrected chi connectivity index (χ1v) is 8.27. The molecule has 0 unspecified atom stereocenters. The van der Waals surface area contributed by atoms with E-state index in [1.54, 1.807) is 16.2 Å². The average Bonchev–Trinajstić information content (AvgIpc) is 2.91. The number of halogens is 2. The molecular formula is C14H13Br2NOS. The molecule has 2 rings (SSSR count). The van der Waals surface area contributed by atoms with E-state index in [1.807, 2.05) is 31.3 Å². The van der Waals surface area contributed by atoms with Crippen LogP contribution in [0.2, 0.25) is 0 Å². The van der Waals surface area contributed by atoms with Crippen molar-refractivity contribution in [2.75, 3.05) is 13.6 Å². The van der Waals surface area contributed by atoms with E-state index in [1.165, 1.54) is 4.88 Å². The molecule has 0 aliphatic rings. The molecule has 2 aromatic rings. The number of nitrogens with zero attached hydrogens (tertiary/aromatic N) is 1. The van der Waals surface area contributed by atoms with Crippen LogP contribution in [0.1, 0.15) is 15.2 Å². The van der Waals surface area contributed by atoms with Gasteiger partial charge in [0.2, 0.25) is 0 Å². The maximum atomic E-state index is 12.4. The standard InChI is InChI=1S/C14H13Br2NOS/c1-17(7-6-11-3-2-8-19-11)14(18)12-9-10(15)4-5-13(12)16/h2-5,8-9H,6-7H2,1H3. The third-order valence-corrected chi connectivity index (χ3v) is 4.90. The van der Waals surface area contributed by atoms with E-state index >= 15 is 0 Å². The fourth-order valence-corrected chi connectivity index (χ4v) is 3.18. The third kappa shape index (κ3) is 3.91. The second-order valence-electron chi connectivity index (χ2n) is 4.18. The van der Waals surface area contributed by atoms with Gasteiger partial charge in [0.15, 0.2) is 0 Å². The largest absolute Gasteiger partial charge is 0.341 e. The topological polar surface area (TPSA) is 20.3 Å². The molecule has 0 aliphatic carbocycles. The van der Waals surface area contributed by atoms with Crippen LogP contribution in [-0.2, 0) is 6.42 Å². The first-order chi connectivity index (χ1) is 9.08. The minimum absolute atomic E-state index is 0.0322. The van der Waals surface area contributed by atoms with Crippen molar-refractivity contribution < 1.29 is 4.79 Å². The minimum Gasteiger partial charge on any atom is -0.341 e. The van der Waals surface area contributed by atoms with Gasteiger partial charge >= 0.3 is 0 Å². The number of carbonyl (C=O) groups is 1. The molecule has 100 valence electrons. The van der Waals surface area contributed by atoms with Crippen LogP contribution in [0.25, 0.3) is 0 Å². The molecule has 0 N–H and O–H groups in total. The number of thiophene rings is 1. The highest BCUT2D eigenvalue weighted by Gasteiger charge is 2.15. The molecule has 0 saturated carbocycles. The lowest BCUT2D eigenvalue weighted by molar-refractivity contribution is 0.0796. The Bertz CT molecular complexity index is 569. The molecule has 2 nitrogen and oxygen atoms in total. The van der Waals surface area contributed by atoms with Crippen molar-refractivity contribution in [3.63, 3.8) is 0 Å². The van der Waals surface area contributed by atoms with Gasteiger partial charge in [0.1, 0.15) is 0 Å². The number of amides is 1. The molecule has 1 aromatic carbocycles. The van der Waals surface area contributed by atoms with Crippen LogP contribution in [0.4, 0.5) is 0 Å². The van der Waals surface area contributed by atoms with Crippen LogP contribution in [0.15, 0.2) is 44.7 Å². The van der Waals surface area contributed by atoms with Crippen LogP contribution in [0.3, 0.4) is 0 Å². The predicted molar refractivity (Wildman–Crippen MR) is 86.8 cm³/mol. The van der Waals surface area contributed by atoms with Crippen LogP contribution in [0, 0.1) is 0 Å². The van der Waals surface area contributed by atoms with Crippen molar-refractivity contribution in [3.8, 4) is 0 Å². The van der Waals surface area contributed by atoms with E-state index in [2.05, 4.69) is 43.3 Å². The first-order valence-electron chi connectivity index (χ1n) is 5.81.